The van der Waals surface area contributed by atoms with Gasteiger partial charge in [0.05, 0.1) is 12.1 Å². The second kappa shape index (κ2) is 6.26. The number of nitrogens with two attached hydrogens (primary N) is 1. The van der Waals surface area contributed by atoms with E-state index in [-0.39, 0.29) is 12.5 Å². The summed E-state index contributed by atoms with van der Waals surface area (Å²) in [4.78, 5) is 16.0. The lowest BCUT2D eigenvalue weighted by molar-refractivity contribution is -0.123. The van der Waals surface area contributed by atoms with Gasteiger partial charge >= 0.3 is 0 Å². The summed E-state index contributed by atoms with van der Waals surface area (Å²) in [5.74, 6) is -0.227. The highest BCUT2D eigenvalue weighted by Gasteiger charge is 2.12. The lowest BCUT2D eigenvalue weighted by atomic mass is 10.1. The maximum absolute atomic E-state index is 11.7. The fraction of sp³-hybridized carbons (Fsp3) is 0.286. The van der Waals surface area contributed by atoms with Crippen LogP contribution in [0.2, 0.25) is 0 Å². The number of nitrogens with zero attached hydrogens (tertiary/aromatic N) is 1. The first kappa shape index (κ1) is 13.5. The second-order valence-corrected chi connectivity index (χ2v) is 4.27. The highest BCUT2D eigenvalue weighted by Crippen LogP contribution is 2.15. The minimum Gasteiger partial charge on any atom is -0.383 e. The van der Waals surface area contributed by atoms with Gasteiger partial charge in [0.15, 0.2) is 0 Å². The number of ether oxygens (including phenoxy) is 1. The number of hydrogen-bond donors (Lipinski definition) is 2. The van der Waals surface area contributed by atoms with Crippen molar-refractivity contribution in [1.29, 1.82) is 0 Å². The number of para-hydroxylation sites is 1. The molecule has 0 bridgehead atoms. The minimum atomic E-state index is -0.645. The summed E-state index contributed by atoms with van der Waals surface area (Å²) in [7, 11) is 1.52. The Bertz CT molecular complexity index is 566. The predicted octanol–water partition coefficient (Wildman–Crippen LogP) is 0.825. The van der Waals surface area contributed by atoms with Crippen molar-refractivity contribution in [3.63, 3.8) is 0 Å². The first-order chi connectivity index (χ1) is 9.22. The standard InChI is InChI=1S/C14H17N3O2/c1-19-9-12(15)14(18)17-8-11-5-2-4-10-6-3-7-16-13(10)11/h2-7,12H,8-9,15H2,1H3,(H,17,18). The molecule has 0 fully saturated rings. The van der Waals surface area contributed by atoms with Gasteiger partial charge in [-0.3, -0.25) is 9.78 Å². The van der Waals surface area contributed by atoms with Crippen LogP contribution in [-0.2, 0) is 16.1 Å². The summed E-state index contributed by atoms with van der Waals surface area (Å²) in [6.07, 6.45) is 1.74. The van der Waals surface area contributed by atoms with Crippen molar-refractivity contribution < 1.29 is 9.53 Å². The molecular formula is C14H17N3O2. The van der Waals surface area contributed by atoms with Crippen LogP contribution in [0.15, 0.2) is 36.5 Å². The van der Waals surface area contributed by atoms with Gasteiger partial charge in [0, 0.05) is 25.2 Å². The Labute approximate surface area is 111 Å². The first-order valence-corrected chi connectivity index (χ1v) is 6.07. The van der Waals surface area contributed by atoms with E-state index >= 15 is 0 Å². The number of carbonyl (C=O) groups is 1. The van der Waals surface area contributed by atoms with E-state index in [1.54, 1.807) is 6.20 Å². The molecule has 3 N–H and O–H groups in total. The van der Waals surface area contributed by atoms with Gasteiger partial charge in [-0.1, -0.05) is 24.3 Å². The van der Waals surface area contributed by atoms with Crippen molar-refractivity contribution in [3.05, 3.63) is 42.1 Å². The average Bonchev–Trinajstić information content (AvgIpc) is 2.45. The second-order valence-electron chi connectivity index (χ2n) is 4.27. The maximum Gasteiger partial charge on any atom is 0.239 e. The number of carbonyl (C=O) groups excluding carboxylic acids is 1. The summed E-state index contributed by atoms with van der Waals surface area (Å²) >= 11 is 0. The van der Waals surface area contributed by atoms with E-state index < -0.39 is 6.04 Å². The van der Waals surface area contributed by atoms with Gasteiger partial charge in [-0.15, -0.1) is 0 Å². The Hall–Kier alpha value is -1.98. The zero-order valence-corrected chi connectivity index (χ0v) is 10.8. The molecule has 1 aromatic heterocycles. The van der Waals surface area contributed by atoms with Crippen molar-refractivity contribution >= 4 is 16.8 Å². The van der Waals surface area contributed by atoms with E-state index in [0.717, 1.165) is 16.5 Å². The number of fused-ring (bicyclic) bond motifs is 1. The summed E-state index contributed by atoms with van der Waals surface area (Å²) < 4.78 is 4.85. The van der Waals surface area contributed by atoms with Crippen molar-refractivity contribution in [2.24, 2.45) is 5.73 Å². The van der Waals surface area contributed by atoms with Gasteiger partial charge in [0.2, 0.25) is 5.91 Å². The fourth-order valence-electron chi connectivity index (χ4n) is 1.88. The number of methoxy groups -OCH3 is 1. The van der Waals surface area contributed by atoms with Gasteiger partial charge in [0.25, 0.3) is 0 Å². The van der Waals surface area contributed by atoms with Crippen molar-refractivity contribution in [3.8, 4) is 0 Å². The third-order valence-corrected chi connectivity index (χ3v) is 2.85. The smallest absolute Gasteiger partial charge is 0.239 e. The number of amides is 1. The van der Waals surface area contributed by atoms with Crippen LogP contribution in [0.25, 0.3) is 10.9 Å². The summed E-state index contributed by atoms with van der Waals surface area (Å²) in [6.45, 7) is 0.615. The SMILES string of the molecule is COCC(N)C(=O)NCc1cccc2cccnc12. The molecule has 1 atom stereocenters. The highest BCUT2D eigenvalue weighted by molar-refractivity contribution is 5.84. The molecule has 1 unspecified atom stereocenters. The largest absolute Gasteiger partial charge is 0.383 e. The number of hydrogen-bond acceptors (Lipinski definition) is 4. The van der Waals surface area contributed by atoms with Crippen LogP contribution in [-0.4, -0.2) is 30.6 Å². The molecule has 5 nitrogen and oxygen atoms in total. The Balaban J connectivity index is 2.08. The summed E-state index contributed by atoms with van der Waals surface area (Å²) in [5, 5.41) is 3.84. The van der Waals surface area contributed by atoms with Gasteiger partial charge in [0.1, 0.15) is 6.04 Å². The predicted molar refractivity (Wildman–Crippen MR) is 73.4 cm³/mol. The van der Waals surface area contributed by atoms with Crippen LogP contribution < -0.4 is 11.1 Å². The van der Waals surface area contributed by atoms with E-state index in [1.807, 2.05) is 30.3 Å². The molecule has 0 aliphatic heterocycles. The monoisotopic (exact) mass is 259 g/mol. The van der Waals surface area contributed by atoms with Crippen molar-refractivity contribution in [1.82, 2.24) is 10.3 Å². The Morgan fingerprint density at radius 2 is 2.21 bits per heavy atom. The van der Waals surface area contributed by atoms with Gasteiger partial charge < -0.3 is 15.8 Å². The number of aromatic nitrogens is 1. The van der Waals surface area contributed by atoms with E-state index in [0.29, 0.717) is 6.54 Å². The number of benzene rings is 1. The lowest BCUT2D eigenvalue weighted by Crippen LogP contribution is -2.43. The van der Waals surface area contributed by atoms with E-state index in [1.165, 1.54) is 7.11 Å². The van der Waals surface area contributed by atoms with Gasteiger partial charge in [-0.25, -0.2) is 0 Å². The van der Waals surface area contributed by atoms with E-state index in [4.69, 9.17) is 10.5 Å². The molecular weight excluding hydrogens is 242 g/mol. The van der Waals surface area contributed by atoms with Crippen LogP contribution in [0, 0.1) is 0 Å². The molecule has 0 saturated carbocycles. The molecule has 5 heteroatoms. The van der Waals surface area contributed by atoms with E-state index in [2.05, 4.69) is 10.3 Å². The van der Waals surface area contributed by atoms with Gasteiger partial charge in [-0.05, 0) is 11.6 Å². The van der Waals surface area contributed by atoms with Crippen molar-refractivity contribution in [2.75, 3.05) is 13.7 Å². The number of pyridine rings is 1. The fourth-order valence-corrected chi connectivity index (χ4v) is 1.88. The van der Waals surface area contributed by atoms with Crippen LogP contribution in [0.1, 0.15) is 5.56 Å². The average molecular weight is 259 g/mol. The molecule has 100 valence electrons. The molecule has 2 aromatic rings. The molecule has 0 aliphatic carbocycles. The summed E-state index contributed by atoms with van der Waals surface area (Å²) in [6, 6.07) is 9.11. The van der Waals surface area contributed by atoms with Crippen LogP contribution in [0.5, 0.6) is 0 Å². The zero-order valence-electron chi connectivity index (χ0n) is 10.8. The Morgan fingerprint density at radius 3 is 3.00 bits per heavy atom. The lowest BCUT2D eigenvalue weighted by Gasteiger charge is -2.12. The minimum absolute atomic E-state index is 0.208. The molecule has 1 heterocycles. The topological polar surface area (TPSA) is 77.2 Å². The van der Waals surface area contributed by atoms with Crippen LogP contribution in [0.4, 0.5) is 0 Å². The molecule has 1 aromatic carbocycles. The van der Waals surface area contributed by atoms with Crippen LogP contribution in [0.3, 0.4) is 0 Å². The molecule has 19 heavy (non-hydrogen) atoms. The summed E-state index contributed by atoms with van der Waals surface area (Å²) in [5.41, 5.74) is 7.51. The van der Waals surface area contributed by atoms with Crippen LogP contribution >= 0.6 is 0 Å². The molecule has 0 radical (unpaired) electrons. The highest BCUT2D eigenvalue weighted by atomic mass is 16.5. The quantitative estimate of drug-likeness (QED) is 0.833. The number of rotatable bonds is 5. The van der Waals surface area contributed by atoms with E-state index in [9.17, 15) is 4.79 Å². The normalized spacial score (nSPS) is 12.3. The molecule has 1 amide bonds. The van der Waals surface area contributed by atoms with Crippen molar-refractivity contribution in [2.45, 2.75) is 12.6 Å². The first-order valence-electron chi connectivity index (χ1n) is 6.07. The molecule has 2 rings (SSSR count). The third-order valence-electron chi connectivity index (χ3n) is 2.85. The van der Waals surface area contributed by atoms with Gasteiger partial charge in [-0.2, -0.15) is 0 Å². The molecule has 0 saturated heterocycles. The zero-order chi connectivity index (χ0) is 13.7. The molecule has 0 aliphatic rings. The third kappa shape index (κ3) is 3.27. The number of nitrogens with one attached hydrogen (secondary N) is 1. The molecule has 0 spiro atoms. The maximum atomic E-state index is 11.7. The Kier molecular flexibility index (Phi) is 4.43. The Morgan fingerprint density at radius 1 is 1.42 bits per heavy atom.